The van der Waals surface area contributed by atoms with Crippen LogP contribution in [0.4, 0.5) is 5.13 Å². The van der Waals surface area contributed by atoms with Gasteiger partial charge < -0.3 is 4.74 Å². The zero-order valence-corrected chi connectivity index (χ0v) is 24.1. The summed E-state index contributed by atoms with van der Waals surface area (Å²) < 4.78 is 35.0. The summed E-state index contributed by atoms with van der Waals surface area (Å²) >= 11 is 1.44. The molecule has 0 N–H and O–H groups in total. The number of methoxy groups -OCH3 is 1. The number of fused-ring (bicyclic) bond motifs is 1. The van der Waals surface area contributed by atoms with Gasteiger partial charge in [0.25, 0.3) is 5.91 Å². The number of hydrogen-bond donors (Lipinski definition) is 0. The van der Waals surface area contributed by atoms with Crippen LogP contribution in [0, 0.1) is 6.92 Å². The minimum atomic E-state index is -3.63. The zero-order chi connectivity index (χ0) is 27.6. The number of carbonyl (C=O) groups excluding carboxylic acids is 1. The molecule has 1 fully saturated rings. The fourth-order valence-corrected chi connectivity index (χ4v) is 7.95. The van der Waals surface area contributed by atoms with Crippen molar-refractivity contribution in [2.75, 3.05) is 18.6 Å². The van der Waals surface area contributed by atoms with Crippen molar-refractivity contribution in [3.63, 3.8) is 0 Å². The lowest BCUT2D eigenvalue weighted by Gasteiger charge is -2.34. The second-order valence-corrected chi connectivity index (χ2v) is 12.7. The summed E-state index contributed by atoms with van der Waals surface area (Å²) in [7, 11) is -2.02. The number of aromatic nitrogens is 1. The Kier molecular flexibility index (Phi) is 8.02. The van der Waals surface area contributed by atoms with Crippen molar-refractivity contribution in [3.8, 4) is 5.75 Å². The number of sulfonamides is 1. The maximum absolute atomic E-state index is 13.9. The van der Waals surface area contributed by atoms with E-state index in [1.807, 2.05) is 56.3 Å². The molecule has 7 nitrogen and oxygen atoms in total. The van der Waals surface area contributed by atoms with E-state index in [0.29, 0.717) is 29.5 Å². The van der Waals surface area contributed by atoms with Crippen molar-refractivity contribution in [1.82, 2.24) is 9.29 Å². The lowest BCUT2D eigenvalue weighted by molar-refractivity contribution is 0.0985. The average Bonchev–Trinajstić information content (AvgIpc) is 3.42. The normalized spacial score (nSPS) is 16.3. The predicted octanol–water partition coefficient (Wildman–Crippen LogP) is 6.41. The number of hydrogen-bond acceptors (Lipinski definition) is 6. The molecular formula is C30H33N3O4S2. The summed E-state index contributed by atoms with van der Waals surface area (Å²) in [6.07, 6.45) is 3.59. The predicted molar refractivity (Wildman–Crippen MR) is 156 cm³/mol. The Bertz CT molecular complexity index is 1570. The molecule has 1 aliphatic rings. The van der Waals surface area contributed by atoms with Gasteiger partial charge in [0.2, 0.25) is 10.0 Å². The summed E-state index contributed by atoms with van der Waals surface area (Å²) in [5, 5.41) is 0.558. The Labute approximate surface area is 234 Å². The van der Waals surface area contributed by atoms with E-state index < -0.39 is 10.0 Å². The highest BCUT2D eigenvalue weighted by Gasteiger charge is 2.33. The summed E-state index contributed by atoms with van der Waals surface area (Å²) in [5.41, 5.74) is 3.14. The molecule has 2 heterocycles. The number of nitrogens with zero attached hydrogens (tertiary/aromatic N) is 3. The van der Waals surface area contributed by atoms with E-state index in [1.54, 1.807) is 40.6 Å². The van der Waals surface area contributed by atoms with Gasteiger partial charge in [-0.25, -0.2) is 13.4 Å². The van der Waals surface area contributed by atoms with Gasteiger partial charge in [-0.1, -0.05) is 61.1 Å². The van der Waals surface area contributed by atoms with Crippen LogP contribution < -0.4 is 9.64 Å². The second kappa shape index (κ2) is 11.5. The standard InChI is InChI=1S/C30H33N3O4S2/c1-4-24-12-8-9-19-33(24)39(35,36)25-16-14-23(15-17-25)29(34)32(20-22-10-6-5-7-11-22)30-31-27-26(37-3)18-13-21(2)28(27)38-30/h5-7,10-11,13-18,24H,4,8-9,12,19-20H2,1-3H3. The smallest absolute Gasteiger partial charge is 0.260 e. The van der Waals surface area contributed by atoms with Crippen LogP contribution in [-0.4, -0.2) is 43.3 Å². The quantitative estimate of drug-likeness (QED) is 0.247. The van der Waals surface area contributed by atoms with E-state index >= 15 is 0 Å². The molecule has 204 valence electrons. The molecule has 0 radical (unpaired) electrons. The molecule has 0 spiro atoms. The van der Waals surface area contributed by atoms with E-state index in [0.717, 1.165) is 47.0 Å². The molecule has 5 rings (SSSR count). The van der Waals surface area contributed by atoms with E-state index in [4.69, 9.17) is 9.72 Å². The summed E-state index contributed by atoms with van der Waals surface area (Å²) in [4.78, 5) is 20.6. The van der Waals surface area contributed by atoms with Crippen molar-refractivity contribution in [2.45, 2.75) is 57.0 Å². The van der Waals surface area contributed by atoms with Crippen molar-refractivity contribution in [1.29, 1.82) is 0 Å². The van der Waals surface area contributed by atoms with Gasteiger partial charge in [-0.05, 0) is 67.6 Å². The molecule has 0 saturated carbocycles. The summed E-state index contributed by atoms with van der Waals surface area (Å²) in [6, 6.07) is 20.0. The fraction of sp³-hybridized carbons (Fsp3) is 0.333. The highest BCUT2D eigenvalue weighted by molar-refractivity contribution is 7.89. The minimum Gasteiger partial charge on any atom is -0.494 e. The van der Waals surface area contributed by atoms with Crippen LogP contribution in [0.2, 0.25) is 0 Å². The molecule has 0 aliphatic carbocycles. The molecule has 1 unspecified atom stereocenters. The molecule has 1 atom stereocenters. The first-order valence-corrected chi connectivity index (χ1v) is 15.5. The first-order chi connectivity index (χ1) is 18.8. The Morgan fingerprint density at radius 3 is 2.51 bits per heavy atom. The van der Waals surface area contributed by atoms with Gasteiger partial charge in [0.05, 0.1) is 23.2 Å². The molecule has 0 bridgehead atoms. The molecule has 4 aromatic rings. The van der Waals surface area contributed by atoms with Crippen LogP contribution in [-0.2, 0) is 16.6 Å². The van der Waals surface area contributed by atoms with Crippen LogP contribution in [0.3, 0.4) is 0 Å². The maximum Gasteiger partial charge on any atom is 0.260 e. The highest BCUT2D eigenvalue weighted by atomic mass is 32.2. The SMILES string of the molecule is CCC1CCCCN1S(=O)(=O)c1ccc(C(=O)N(Cc2ccccc2)c2nc3c(OC)ccc(C)c3s2)cc1. The molecule has 1 aliphatic heterocycles. The van der Waals surface area contributed by atoms with Gasteiger partial charge in [-0.3, -0.25) is 9.69 Å². The third-order valence-corrected chi connectivity index (χ3v) is 10.5. The average molecular weight is 564 g/mol. The minimum absolute atomic E-state index is 0.0194. The van der Waals surface area contributed by atoms with Crippen molar-refractivity contribution in [2.24, 2.45) is 0 Å². The number of carbonyl (C=O) groups is 1. The zero-order valence-electron chi connectivity index (χ0n) is 22.5. The van der Waals surface area contributed by atoms with Gasteiger partial charge in [0, 0.05) is 18.2 Å². The number of thiazole rings is 1. The number of ether oxygens (including phenoxy) is 1. The molecule has 9 heteroatoms. The number of aryl methyl sites for hydroxylation is 1. The maximum atomic E-state index is 13.9. The van der Waals surface area contributed by atoms with Crippen molar-refractivity contribution < 1.29 is 17.9 Å². The Hall–Kier alpha value is -3.27. The van der Waals surface area contributed by atoms with Gasteiger partial charge in [0.15, 0.2) is 5.13 Å². The lowest BCUT2D eigenvalue weighted by atomic mass is 10.0. The molecule has 1 saturated heterocycles. The molecule has 1 aromatic heterocycles. The summed E-state index contributed by atoms with van der Waals surface area (Å²) in [6.45, 7) is 4.90. The molecule has 1 amide bonds. The van der Waals surface area contributed by atoms with Gasteiger partial charge in [-0.15, -0.1) is 0 Å². The van der Waals surface area contributed by atoms with Crippen LogP contribution in [0.1, 0.15) is 54.1 Å². The number of amides is 1. The van der Waals surface area contributed by atoms with E-state index in [2.05, 4.69) is 0 Å². The number of benzene rings is 3. The number of anilines is 1. The first-order valence-electron chi connectivity index (χ1n) is 13.2. The third-order valence-electron chi connectivity index (χ3n) is 7.32. The van der Waals surface area contributed by atoms with Crippen LogP contribution in [0.15, 0.2) is 71.6 Å². The summed E-state index contributed by atoms with van der Waals surface area (Å²) in [5.74, 6) is 0.408. The Balaban J connectivity index is 1.50. The lowest BCUT2D eigenvalue weighted by Crippen LogP contribution is -2.43. The van der Waals surface area contributed by atoms with Gasteiger partial charge in [0.1, 0.15) is 11.3 Å². The fourth-order valence-electron chi connectivity index (χ4n) is 5.13. The van der Waals surface area contributed by atoms with Crippen molar-refractivity contribution >= 4 is 42.6 Å². The van der Waals surface area contributed by atoms with E-state index in [1.165, 1.54) is 11.3 Å². The van der Waals surface area contributed by atoms with Crippen LogP contribution in [0.5, 0.6) is 5.75 Å². The molecular weight excluding hydrogens is 530 g/mol. The van der Waals surface area contributed by atoms with Gasteiger partial charge in [-0.2, -0.15) is 4.31 Å². The van der Waals surface area contributed by atoms with Crippen molar-refractivity contribution in [3.05, 3.63) is 83.4 Å². The second-order valence-electron chi connectivity index (χ2n) is 9.83. The topological polar surface area (TPSA) is 79.8 Å². The monoisotopic (exact) mass is 563 g/mol. The van der Waals surface area contributed by atoms with Crippen LogP contribution in [0.25, 0.3) is 10.2 Å². The molecule has 39 heavy (non-hydrogen) atoms. The van der Waals surface area contributed by atoms with Gasteiger partial charge >= 0.3 is 0 Å². The first kappa shape index (κ1) is 27.3. The Morgan fingerprint density at radius 1 is 1.08 bits per heavy atom. The van der Waals surface area contributed by atoms with Crippen LogP contribution >= 0.6 is 11.3 Å². The van der Waals surface area contributed by atoms with E-state index in [9.17, 15) is 13.2 Å². The third kappa shape index (κ3) is 5.44. The number of rotatable bonds is 8. The largest absolute Gasteiger partial charge is 0.494 e. The number of piperidine rings is 1. The molecule has 3 aromatic carbocycles. The highest BCUT2D eigenvalue weighted by Crippen LogP contribution is 2.37. The Morgan fingerprint density at radius 2 is 1.82 bits per heavy atom. The van der Waals surface area contributed by atoms with E-state index in [-0.39, 0.29) is 16.8 Å².